The molecule has 176 valence electrons. The molecule has 0 aromatic heterocycles. The third-order valence-electron chi connectivity index (χ3n) is 5.81. The van der Waals surface area contributed by atoms with Crippen LogP contribution in [0.25, 0.3) is 0 Å². The Kier molecular flexibility index (Phi) is 9.24. The smallest absolute Gasteiger partial charge is 0.241 e. The second-order valence-electron chi connectivity index (χ2n) is 7.86. The van der Waals surface area contributed by atoms with E-state index in [-0.39, 0.29) is 18.9 Å². The van der Waals surface area contributed by atoms with Gasteiger partial charge in [0.05, 0.1) is 11.5 Å². The maximum absolute atomic E-state index is 12.9. The van der Waals surface area contributed by atoms with Crippen molar-refractivity contribution in [2.45, 2.75) is 52.5 Å². The molecule has 0 aliphatic heterocycles. The normalized spacial score (nSPS) is 11.4. The Morgan fingerprint density at radius 1 is 0.875 bits per heavy atom. The van der Waals surface area contributed by atoms with E-state index in [1.54, 1.807) is 7.11 Å². The minimum Gasteiger partial charge on any atom is -0.491 e. The Labute approximate surface area is 191 Å². The second-order valence-corrected chi connectivity index (χ2v) is 9.57. The van der Waals surface area contributed by atoms with Crippen LogP contribution in [0.2, 0.25) is 0 Å². The van der Waals surface area contributed by atoms with Gasteiger partial charge in [-0.3, -0.25) is 4.79 Å². The zero-order valence-electron chi connectivity index (χ0n) is 19.8. The quantitative estimate of drug-likeness (QED) is 0.500. The number of nitrogens with one attached hydrogen (secondary N) is 2. The molecule has 1 amide bonds. The number of ether oxygens (including phenoxy) is 2. The van der Waals surface area contributed by atoms with Crippen molar-refractivity contribution in [1.29, 1.82) is 0 Å². The first-order valence-corrected chi connectivity index (χ1v) is 12.1. The molecule has 2 aromatic rings. The van der Waals surface area contributed by atoms with Gasteiger partial charge in [-0.2, -0.15) is 0 Å². The summed E-state index contributed by atoms with van der Waals surface area (Å²) < 4.78 is 38.9. The summed E-state index contributed by atoms with van der Waals surface area (Å²) in [6.45, 7) is 10.9. The van der Waals surface area contributed by atoms with Gasteiger partial charge in [0.25, 0.3) is 0 Å². The van der Waals surface area contributed by atoms with Gasteiger partial charge in [-0.05, 0) is 80.1 Å². The molecule has 32 heavy (non-hydrogen) atoms. The molecule has 0 atom stereocenters. The van der Waals surface area contributed by atoms with Crippen LogP contribution < -0.4 is 14.8 Å². The highest BCUT2D eigenvalue weighted by Crippen LogP contribution is 2.29. The number of hydrogen-bond donors (Lipinski definition) is 2. The Morgan fingerprint density at radius 2 is 1.44 bits per heavy atom. The Bertz CT molecular complexity index is 1020. The molecule has 2 N–H and O–H groups in total. The average molecular weight is 463 g/mol. The monoisotopic (exact) mass is 462 g/mol. The summed E-state index contributed by atoms with van der Waals surface area (Å²) in [7, 11) is -2.10. The zero-order valence-corrected chi connectivity index (χ0v) is 20.6. The first kappa shape index (κ1) is 25.8. The molecule has 0 saturated heterocycles. The van der Waals surface area contributed by atoms with Gasteiger partial charge in [0.1, 0.15) is 12.4 Å². The summed E-state index contributed by atoms with van der Waals surface area (Å²) in [5.74, 6) is 0.511. The molecule has 0 aliphatic carbocycles. The Morgan fingerprint density at radius 3 is 2.00 bits per heavy atom. The maximum Gasteiger partial charge on any atom is 0.241 e. The molecule has 0 heterocycles. The van der Waals surface area contributed by atoms with Gasteiger partial charge < -0.3 is 14.8 Å². The molecular formula is C24H34N2O5S. The minimum atomic E-state index is -3.71. The third kappa shape index (κ3) is 6.54. The average Bonchev–Trinajstić information content (AvgIpc) is 2.75. The van der Waals surface area contributed by atoms with Crippen LogP contribution >= 0.6 is 0 Å². The minimum absolute atomic E-state index is 0.0330. The molecule has 0 fully saturated rings. The summed E-state index contributed by atoms with van der Waals surface area (Å²) >= 11 is 0. The summed E-state index contributed by atoms with van der Waals surface area (Å²) in [4.78, 5) is 12.5. The summed E-state index contributed by atoms with van der Waals surface area (Å²) in [6.07, 6.45) is 0.0549. The zero-order chi connectivity index (χ0) is 23.9. The van der Waals surface area contributed by atoms with E-state index in [1.807, 2.05) is 58.9 Å². The molecule has 8 heteroatoms. The topological polar surface area (TPSA) is 93.7 Å². The largest absolute Gasteiger partial charge is 0.491 e. The molecule has 2 rings (SSSR count). The van der Waals surface area contributed by atoms with E-state index in [4.69, 9.17) is 9.47 Å². The van der Waals surface area contributed by atoms with Gasteiger partial charge >= 0.3 is 0 Å². The molecule has 0 saturated carbocycles. The van der Waals surface area contributed by atoms with Crippen molar-refractivity contribution in [2.24, 2.45) is 0 Å². The van der Waals surface area contributed by atoms with Gasteiger partial charge in [-0.15, -0.1) is 0 Å². The molecule has 0 radical (unpaired) electrons. The second kappa shape index (κ2) is 11.4. The van der Waals surface area contributed by atoms with Crippen molar-refractivity contribution in [3.63, 3.8) is 0 Å². The lowest BCUT2D eigenvalue weighted by Gasteiger charge is -2.19. The number of methoxy groups -OCH3 is 1. The van der Waals surface area contributed by atoms with Crippen LogP contribution in [0.15, 0.2) is 29.2 Å². The van der Waals surface area contributed by atoms with E-state index >= 15 is 0 Å². The lowest BCUT2D eigenvalue weighted by Crippen LogP contribution is -2.31. The number of rotatable bonds is 11. The highest BCUT2D eigenvalue weighted by molar-refractivity contribution is 7.89. The SMILES string of the molecule is COCCOc1ccc(CNC(=O)CCNS(=O)(=O)c2c(C)c(C)c(C)c(C)c2C)cc1. The lowest BCUT2D eigenvalue weighted by molar-refractivity contribution is -0.121. The fourth-order valence-corrected chi connectivity index (χ4v) is 5.10. The van der Waals surface area contributed by atoms with Crippen molar-refractivity contribution < 1.29 is 22.7 Å². The molecule has 7 nitrogen and oxygen atoms in total. The summed E-state index contributed by atoms with van der Waals surface area (Å²) in [6, 6.07) is 7.42. The first-order chi connectivity index (χ1) is 15.1. The highest BCUT2D eigenvalue weighted by Gasteiger charge is 2.23. The standard InChI is InChI=1S/C24H34N2O5S/c1-16-17(2)19(4)24(20(5)18(16)3)32(28,29)26-12-11-23(27)25-15-21-7-9-22(10-8-21)31-14-13-30-6/h7-10,26H,11-15H2,1-6H3,(H,25,27). The fourth-order valence-electron chi connectivity index (χ4n) is 3.48. The van der Waals surface area contributed by atoms with E-state index in [9.17, 15) is 13.2 Å². The Hall–Kier alpha value is -2.42. The van der Waals surface area contributed by atoms with Gasteiger partial charge in [0, 0.05) is 26.6 Å². The number of benzene rings is 2. The Balaban J connectivity index is 1.88. The fraction of sp³-hybridized carbons (Fsp3) is 0.458. The molecule has 2 aromatic carbocycles. The van der Waals surface area contributed by atoms with Gasteiger partial charge in [-0.1, -0.05) is 12.1 Å². The van der Waals surface area contributed by atoms with Crippen LogP contribution in [0, 0.1) is 34.6 Å². The molecule has 0 unspecified atom stereocenters. The summed E-state index contributed by atoms with van der Waals surface area (Å²) in [5.41, 5.74) is 5.47. The van der Waals surface area contributed by atoms with Gasteiger partial charge in [0.2, 0.25) is 15.9 Å². The maximum atomic E-state index is 12.9. The highest BCUT2D eigenvalue weighted by atomic mass is 32.2. The van der Waals surface area contributed by atoms with Crippen LogP contribution in [-0.4, -0.2) is 41.2 Å². The van der Waals surface area contributed by atoms with Crippen molar-refractivity contribution in [3.8, 4) is 5.75 Å². The van der Waals surface area contributed by atoms with E-state index in [2.05, 4.69) is 10.0 Å². The number of carbonyl (C=O) groups excluding carboxylic acids is 1. The summed E-state index contributed by atoms with van der Waals surface area (Å²) in [5, 5.41) is 2.81. The molecule has 0 bridgehead atoms. The number of amides is 1. The van der Waals surface area contributed by atoms with Gasteiger partial charge in [0.15, 0.2) is 0 Å². The first-order valence-electron chi connectivity index (χ1n) is 10.6. The van der Waals surface area contributed by atoms with E-state index < -0.39 is 10.0 Å². The van der Waals surface area contributed by atoms with Crippen molar-refractivity contribution in [1.82, 2.24) is 10.0 Å². The van der Waals surface area contributed by atoms with E-state index in [0.29, 0.717) is 24.7 Å². The van der Waals surface area contributed by atoms with Crippen LogP contribution in [-0.2, 0) is 26.1 Å². The number of sulfonamides is 1. The third-order valence-corrected chi connectivity index (χ3v) is 7.55. The van der Waals surface area contributed by atoms with E-state index in [1.165, 1.54) is 0 Å². The molecule has 0 aliphatic rings. The van der Waals surface area contributed by atoms with Crippen molar-refractivity contribution in [3.05, 3.63) is 57.6 Å². The van der Waals surface area contributed by atoms with E-state index in [0.717, 1.165) is 39.1 Å². The lowest BCUT2D eigenvalue weighted by atomic mass is 9.95. The molecular weight excluding hydrogens is 428 g/mol. The predicted molar refractivity (Wildman–Crippen MR) is 126 cm³/mol. The van der Waals surface area contributed by atoms with Crippen LogP contribution in [0.3, 0.4) is 0 Å². The van der Waals surface area contributed by atoms with Gasteiger partial charge in [-0.25, -0.2) is 13.1 Å². The van der Waals surface area contributed by atoms with Crippen molar-refractivity contribution in [2.75, 3.05) is 26.9 Å². The molecule has 0 spiro atoms. The predicted octanol–water partition coefficient (Wildman–Crippen LogP) is 3.24. The number of carbonyl (C=O) groups is 1. The van der Waals surface area contributed by atoms with Crippen LogP contribution in [0.5, 0.6) is 5.75 Å². The number of hydrogen-bond acceptors (Lipinski definition) is 5. The van der Waals surface area contributed by atoms with Crippen LogP contribution in [0.1, 0.15) is 39.8 Å². The van der Waals surface area contributed by atoms with Crippen molar-refractivity contribution >= 4 is 15.9 Å². The van der Waals surface area contributed by atoms with Crippen LogP contribution in [0.4, 0.5) is 0 Å².